The fourth-order valence-corrected chi connectivity index (χ4v) is 4.85. The lowest BCUT2D eigenvalue weighted by Crippen LogP contribution is -2.62. The van der Waals surface area contributed by atoms with E-state index in [4.69, 9.17) is 20.0 Å². The van der Waals surface area contributed by atoms with Crippen molar-refractivity contribution in [3.05, 3.63) is 28.4 Å². The molecule has 2 aliphatic rings. The maximum Gasteiger partial charge on any atom is 0.306 e. The van der Waals surface area contributed by atoms with E-state index in [1.165, 1.54) is 29.7 Å². The van der Waals surface area contributed by atoms with Crippen molar-refractivity contribution in [1.29, 1.82) is 0 Å². The van der Waals surface area contributed by atoms with Crippen molar-refractivity contribution < 1.29 is 18.8 Å². The topological polar surface area (TPSA) is 110 Å². The predicted octanol–water partition coefficient (Wildman–Crippen LogP) is 1.64. The highest BCUT2D eigenvalue weighted by molar-refractivity contribution is 7.21. The Labute approximate surface area is 171 Å². The first kappa shape index (κ1) is 18.3. The smallest absolute Gasteiger partial charge is 0.306 e. The summed E-state index contributed by atoms with van der Waals surface area (Å²) in [6.45, 7) is 2.70. The molecule has 3 aromatic rings. The summed E-state index contributed by atoms with van der Waals surface area (Å²) in [5.41, 5.74) is 9.20. The molecule has 29 heavy (non-hydrogen) atoms. The maximum absolute atomic E-state index is 12.8. The zero-order chi connectivity index (χ0) is 19.8. The molecule has 1 amide bonds. The normalized spacial score (nSPS) is 17.2. The van der Waals surface area contributed by atoms with Crippen LogP contribution < -0.4 is 20.9 Å². The molecule has 0 atom stereocenters. The average molecular weight is 415 g/mol. The molecule has 0 aromatic carbocycles. The molecule has 10 heteroatoms. The van der Waals surface area contributed by atoms with Gasteiger partial charge in [-0.2, -0.15) is 0 Å². The Hall–Kier alpha value is -2.72. The molecule has 0 radical (unpaired) electrons. The molecule has 0 saturated carbocycles. The van der Waals surface area contributed by atoms with E-state index in [2.05, 4.69) is 16.7 Å². The number of morpholine rings is 1. The van der Waals surface area contributed by atoms with Crippen LogP contribution in [-0.4, -0.2) is 42.5 Å². The number of hydrogen-bond acceptors (Lipinski definition) is 8. The van der Waals surface area contributed by atoms with Gasteiger partial charge < -0.3 is 10.5 Å². The molecule has 9 nitrogen and oxygen atoms in total. The van der Waals surface area contributed by atoms with E-state index in [1.807, 2.05) is 5.01 Å². The van der Waals surface area contributed by atoms with Crippen LogP contribution in [0.2, 0.25) is 0 Å². The largest absolute Gasteiger partial charge is 0.397 e. The molecule has 1 fully saturated rings. The van der Waals surface area contributed by atoms with Gasteiger partial charge in [0.25, 0.3) is 12.1 Å². The molecule has 0 unspecified atom stereocenters. The van der Waals surface area contributed by atoms with Crippen LogP contribution in [0.3, 0.4) is 0 Å². The van der Waals surface area contributed by atoms with Crippen LogP contribution in [0.15, 0.2) is 16.8 Å². The molecule has 4 heterocycles. The number of nitrogens with zero attached hydrogens (tertiary/aromatic N) is 4. The number of anilines is 2. The highest BCUT2D eigenvalue weighted by atomic mass is 32.1. The number of aromatic nitrogens is 3. The standard InChI is InChI=1S/C19H22N6O3S/c20-16-13-10-12-4-2-1-3-5-14(12)21-19(13)29-17(16)18(26)22-15-11-25(23-28-15)24-6-8-27-9-7-24/h10-11H,1-9H2,(H2-,20,22,23,26)/p+1. The first-order valence-electron chi connectivity index (χ1n) is 9.93. The zero-order valence-corrected chi connectivity index (χ0v) is 16.8. The monoisotopic (exact) mass is 415 g/mol. The van der Waals surface area contributed by atoms with Crippen molar-refractivity contribution in [2.75, 3.05) is 42.4 Å². The molecule has 1 aliphatic heterocycles. The summed E-state index contributed by atoms with van der Waals surface area (Å²) in [6, 6.07) is 2.12. The molecule has 152 valence electrons. The SMILES string of the molecule is Nc1c(C(=O)Nc2c[n+](N3CCOCC3)no2)sc2nc3c(cc12)CCCCC3. The zero-order valence-electron chi connectivity index (χ0n) is 16.0. The number of nitrogens with one attached hydrogen (secondary N) is 1. The van der Waals surface area contributed by atoms with Crippen molar-refractivity contribution >= 4 is 39.0 Å². The summed E-state index contributed by atoms with van der Waals surface area (Å²) in [7, 11) is 0. The Morgan fingerprint density at radius 2 is 2.07 bits per heavy atom. The number of ether oxygens (including phenoxy) is 1. The highest BCUT2D eigenvalue weighted by Crippen LogP contribution is 2.35. The van der Waals surface area contributed by atoms with Gasteiger partial charge in [0.2, 0.25) is 5.27 Å². The summed E-state index contributed by atoms with van der Waals surface area (Å²) in [5.74, 6) is -0.0481. The van der Waals surface area contributed by atoms with Crippen molar-refractivity contribution in [3.8, 4) is 0 Å². The molecule has 3 N–H and O–H groups in total. The minimum Gasteiger partial charge on any atom is -0.397 e. The molecule has 5 rings (SSSR count). The summed E-state index contributed by atoms with van der Waals surface area (Å²) < 4.78 is 10.6. The van der Waals surface area contributed by atoms with E-state index in [-0.39, 0.29) is 11.8 Å². The number of nitrogens with two attached hydrogens (primary N) is 1. The van der Waals surface area contributed by atoms with Crippen LogP contribution >= 0.6 is 11.3 Å². The highest BCUT2D eigenvalue weighted by Gasteiger charge is 2.25. The first-order chi connectivity index (χ1) is 14.2. The predicted molar refractivity (Wildman–Crippen MR) is 109 cm³/mol. The lowest BCUT2D eigenvalue weighted by atomic mass is 10.1. The van der Waals surface area contributed by atoms with Crippen LogP contribution in [0.1, 0.15) is 40.2 Å². The molecule has 3 aromatic heterocycles. The third-order valence-electron chi connectivity index (χ3n) is 5.43. The minimum absolute atomic E-state index is 0.266. The number of amides is 1. The van der Waals surface area contributed by atoms with Crippen LogP contribution in [0.25, 0.3) is 10.2 Å². The number of rotatable bonds is 3. The third-order valence-corrected chi connectivity index (χ3v) is 6.54. The van der Waals surface area contributed by atoms with Crippen LogP contribution in [0.4, 0.5) is 11.6 Å². The molecule has 0 bridgehead atoms. The number of hydrogen-bond donors (Lipinski definition) is 2. The maximum atomic E-state index is 12.8. The molecular formula is C19H23N6O3S+. The molecular weight excluding hydrogens is 392 g/mol. The van der Waals surface area contributed by atoms with Crippen LogP contribution in [-0.2, 0) is 17.6 Å². The molecule has 0 spiro atoms. The second kappa shape index (κ2) is 7.60. The van der Waals surface area contributed by atoms with E-state index in [1.54, 1.807) is 11.0 Å². The van der Waals surface area contributed by atoms with Gasteiger partial charge in [0, 0.05) is 11.1 Å². The number of nitrogen functional groups attached to an aromatic ring is 1. The Bertz CT molecular complexity index is 1060. The Balaban J connectivity index is 1.38. The number of aryl methyl sites for hydroxylation is 2. The average Bonchev–Trinajstić information content (AvgIpc) is 3.24. The Morgan fingerprint density at radius 3 is 2.93 bits per heavy atom. The Kier molecular flexibility index (Phi) is 4.80. The fourth-order valence-electron chi connectivity index (χ4n) is 3.86. The number of thiophene rings is 1. The van der Waals surface area contributed by atoms with Gasteiger partial charge in [-0.05, 0) is 37.3 Å². The summed E-state index contributed by atoms with van der Waals surface area (Å²) in [5, 5.41) is 9.57. The summed E-state index contributed by atoms with van der Waals surface area (Å²) in [6.07, 6.45) is 7.22. The minimum atomic E-state index is -0.314. The van der Waals surface area contributed by atoms with E-state index >= 15 is 0 Å². The molecule has 1 aliphatic carbocycles. The summed E-state index contributed by atoms with van der Waals surface area (Å²) >= 11 is 1.32. The van der Waals surface area contributed by atoms with E-state index in [0.717, 1.165) is 35.2 Å². The quantitative estimate of drug-likeness (QED) is 0.494. The van der Waals surface area contributed by atoms with Crippen LogP contribution in [0, 0.1) is 0 Å². The van der Waals surface area contributed by atoms with Gasteiger partial charge >= 0.3 is 5.88 Å². The third kappa shape index (κ3) is 3.53. The number of pyridine rings is 1. The second-order valence-electron chi connectivity index (χ2n) is 7.36. The first-order valence-corrected chi connectivity index (χ1v) is 10.7. The van der Waals surface area contributed by atoms with Gasteiger partial charge in [0.1, 0.15) is 9.71 Å². The van der Waals surface area contributed by atoms with E-state index in [9.17, 15) is 4.79 Å². The van der Waals surface area contributed by atoms with Crippen molar-refractivity contribution in [2.45, 2.75) is 32.1 Å². The second-order valence-corrected chi connectivity index (χ2v) is 8.36. The number of carbonyl (C=O) groups is 1. The van der Waals surface area contributed by atoms with E-state index in [0.29, 0.717) is 36.9 Å². The van der Waals surface area contributed by atoms with Crippen LogP contribution in [0.5, 0.6) is 0 Å². The van der Waals surface area contributed by atoms with Crippen molar-refractivity contribution in [1.82, 2.24) is 10.3 Å². The van der Waals surface area contributed by atoms with E-state index < -0.39 is 0 Å². The number of carbonyl (C=O) groups excluding carboxylic acids is 1. The van der Waals surface area contributed by atoms with Gasteiger partial charge in [-0.1, -0.05) is 6.42 Å². The molecule has 1 saturated heterocycles. The fraction of sp³-hybridized carbons (Fsp3) is 0.474. The van der Waals surface area contributed by atoms with Crippen molar-refractivity contribution in [2.24, 2.45) is 0 Å². The summed E-state index contributed by atoms with van der Waals surface area (Å²) in [4.78, 5) is 20.5. The van der Waals surface area contributed by atoms with Crippen molar-refractivity contribution in [3.63, 3.8) is 0 Å². The lowest BCUT2D eigenvalue weighted by Gasteiger charge is -2.18. The van der Waals surface area contributed by atoms with Gasteiger partial charge in [-0.25, -0.2) is 4.98 Å². The number of fused-ring (bicyclic) bond motifs is 2. The van der Waals surface area contributed by atoms with Gasteiger partial charge in [-0.15, -0.1) is 16.3 Å². The van der Waals surface area contributed by atoms with Gasteiger partial charge in [0.05, 0.1) is 36.8 Å². The van der Waals surface area contributed by atoms with Gasteiger partial charge in [0.15, 0.2) is 0 Å². The van der Waals surface area contributed by atoms with Gasteiger partial charge in [-0.3, -0.25) is 14.6 Å². The lowest BCUT2D eigenvalue weighted by molar-refractivity contribution is -0.759. The Morgan fingerprint density at radius 1 is 1.24 bits per heavy atom.